The molecule has 0 unspecified atom stereocenters. The van der Waals surface area contributed by atoms with Crippen molar-refractivity contribution in [1.29, 1.82) is 0 Å². The van der Waals surface area contributed by atoms with Crippen LogP contribution in [0.2, 0.25) is 0 Å². The first-order chi connectivity index (χ1) is 8.84. The molecule has 114 valence electrons. The van der Waals surface area contributed by atoms with Gasteiger partial charge in [-0.1, -0.05) is 17.7 Å². The summed E-state index contributed by atoms with van der Waals surface area (Å²) >= 11 is 0. The summed E-state index contributed by atoms with van der Waals surface area (Å²) in [4.78, 5) is 0.479. The average molecular weight is 319 g/mol. The molecule has 1 saturated heterocycles. The second-order valence-electron chi connectivity index (χ2n) is 5.40. The lowest BCUT2D eigenvalue weighted by Gasteiger charge is -2.33. The molecule has 0 amide bonds. The zero-order valence-corrected chi connectivity index (χ0v) is 14.1. The highest BCUT2D eigenvalue weighted by molar-refractivity contribution is 7.89. The molecule has 1 N–H and O–H groups in total. The molecule has 0 radical (unpaired) electrons. The number of nitrogens with one attached hydrogen (secondary N) is 1. The minimum atomic E-state index is -3.40. The number of sulfonamides is 1. The normalized spacial score (nSPS) is 20.5. The highest BCUT2D eigenvalue weighted by atomic mass is 35.5. The Labute approximate surface area is 128 Å². The molecule has 1 aliphatic heterocycles. The summed E-state index contributed by atoms with van der Waals surface area (Å²) in [5.74, 6) is 0. The van der Waals surface area contributed by atoms with Crippen molar-refractivity contribution in [2.24, 2.45) is 0 Å². The molecule has 1 aromatic rings. The highest BCUT2D eigenvalue weighted by Gasteiger charge is 2.32. The largest absolute Gasteiger partial charge is 0.314 e. The third-order valence-electron chi connectivity index (χ3n) is 3.61. The monoisotopic (exact) mass is 318 g/mol. The maximum Gasteiger partial charge on any atom is 0.243 e. The van der Waals surface area contributed by atoms with Crippen LogP contribution in [0.5, 0.6) is 0 Å². The maximum atomic E-state index is 12.8. The second-order valence-corrected chi connectivity index (χ2v) is 7.22. The number of benzene rings is 1. The molecule has 0 bridgehead atoms. The molecule has 4 nitrogen and oxygen atoms in total. The van der Waals surface area contributed by atoms with Crippen molar-refractivity contribution >= 4 is 22.4 Å². The SMILES string of the molecule is Cc1cc(C)c(S(=O)(=O)N2CCNC[C@@H]2C)c(C)c1.Cl. The Bertz CT molecular complexity index is 564. The summed E-state index contributed by atoms with van der Waals surface area (Å²) < 4.78 is 27.3. The van der Waals surface area contributed by atoms with Gasteiger partial charge in [-0.2, -0.15) is 4.31 Å². The van der Waals surface area contributed by atoms with Gasteiger partial charge in [-0.3, -0.25) is 0 Å². The molecule has 0 aliphatic carbocycles. The van der Waals surface area contributed by atoms with Crippen molar-refractivity contribution in [3.05, 3.63) is 28.8 Å². The predicted molar refractivity (Wildman–Crippen MR) is 84.1 cm³/mol. The number of hydrogen-bond acceptors (Lipinski definition) is 3. The van der Waals surface area contributed by atoms with Crippen LogP contribution in [-0.4, -0.2) is 38.4 Å². The van der Waals surface area contributed by atoms with Gasteiger partial charge in [-0.25, -0.2) is 8.42 Å². The lowest BCUT2D eigenvalue weighted by molar-refractivity contribution is 0.283. The molecule has 1 aliphatic rings. The van der Waals surface area contributed by atoms with Crippen LogP contribution in [0.25, 0.3) is 0 Å². The average Bonchev–Trinajstić information content (AvgIpc) is 2.27. The standard InChI is InChI=1S/C14H22N2O2S.ClH/c1-10-7-11(2)14(12(3)8-10)19(17,18)16-6-5-15-9-13(16)4;/h7-8,13,15H,5-6,9H2,1-4H3;1H/t13-;/m0./s1. The molecule has 1 aromatic carbocycles. The van der Waals surface area contributed by atoms with Crippen molar-refractivity contribution in [3.63, 3.8) is 0 Å². The third kappa shape index (κ3) is 3.17. The van der Waals surface area contributed by atoms with Crippen molar-refractivity contribution in [2.45, 2.75) is 38.6 Å². The lowest BCUT2D eigenvalue weighted by Crippen LogP contribution is -2.52. The molecule has 1 atom stereocenters. The Morgan fingerprint density at radius 1 is 1.20 bits per heavy atom. The fourth-order valence-electron chi connectivity index (χ4n) is 2.87. The Morgan fingerprint density at radius 3 is 2.25 bits per heavy atom. The van der Waals surface area contributed by atoms with Gasteiger partial charge in [-0.05, 0) is 38.8 Å². The molecule has 20 heavy (non-hydrogen) atoms. The maximum absolute atomic E-state index is 12.8. The molecule has 0 aromatic heterocycles. The van der Waals surface area contributed by atoms with Gasteiger partial charge in [0, 0.05) is 25.7 Å². The number of piperazine rings is 1. The Kier molecular flexibility index (Phi) is 5.61. The fourth-order valence-corrected chi connectivity index (χ4v) is 4.92. The summed E-state index contributed by atoms with van der Waals surface area (Å²) in [6.45, 7) is 9.65. The summed E-state index contributed by atoms with van der Waals surface area (Å²) in [5, 5.41) is 3.22. The number of nitrogens with zero attached hydrogens (tertiary/aromatic N) is 1. The summed E-state index contributed by atoms with van der Waals surface area (Å²) in [6.07, 6.45) is 0. The Morgan fingerprint density at radius 2 is 1.75 bits per heavy atom. The van der Waals surface area contributed by atoms with Gasteiger partial charge in [0.05, 0.1) is 4.90 Å². The van der Waals surface area contributed by atoms with Crippen LogP contribution in [0.1, 0.15) is 23.6 Å². The Balaban J connectivity index is 0.00000200. The van der Waals surface area contributed by atoms with E-state index >= 15 is 0 Å². The number of rotatable bonds is 2. The second kappa shape index (κ2) is 6.43. The van der Waals surface area contributed by atoms with Crippen LogP contribution in [0.4, 0.5) is 0 Å². The summed E-state index contributed by atoms with van der Waals surface area (Å²) in [6, 6.07) is 3.87. The highest BCUT2D eigenvalue weighted by Crippen LogP contribution is 2.26. The van der Waals surface area contributed by atoms with Crippen LogP contribution < -0.4 is 5.32 Å². The first-order valence-corrected chi connectivity index (χ1v) is 8.08. The quantitative estimate of drug-likeness (QED) is 0.907. The van der Waals surface area contributed by atoms with Gasteiger partial charge >= 0.3 is 0 Å². The topological polar surface area (TPSA) is 49.4 Å². The van der Waals surface area contributed by atoms with E-state index in [1.54, 1.807) is 4.31 Å². The van der Waals surface area contributed by atoms with Gasteiger partial charge < -0.3 is 5.32 Å². The summed E-state index contributed by atoms with van der Waals surface area (Å²) in [7, 11) is -3.40. The van der Waals surface area contributed by atoms with Crippen molar-refractivity contribution in [1.82, 2.24) is 9.62 Å². The van der Waals surface area contributed by atoms with Crippen molar-refractivity contribution < 1.29 is 8.42 Å². The minimum Gasteiger partial charge on any atom is -0.314 e. The van der Waals surface area contributed by atoms with E-state index in [2.05, 4.69) is 5.32 Å². The van der Waals surface area contributed by atoms with Gasteiger partial charge in [0.25, 0.3) is 0 Å². The molecular formula is C14H23ClN2O2S. The van der Waals surface area contributed by atoms with E-state index in [1.165, 1.54) is 0 Å². The van der Waals surface area contributed by atoms with Gasteiger partial charge in [0.1, 0.15) is 0 Å². The van der Waals surface area contributed by atoms with E-state index in [1.807, 2.05) is 39.8 Å². The zero-order valence-electron chi connectivity index (χ0n) is 12.4. The van der Waals surface area contributed by atoms with Crippen LogP contribution in [0, 0.1) is 20.8 Å². The van der Waals surface area contributed by atoms with Crippen LogP contribution >= 0.6 is 12.4 Å². The molecule has 1 fully saturated rings. The van der Waals surface area contributed by atoms with Crippen molar-refractivity contribution in [3.8, 4) is 0 Å². The van der Waals surface area contributed by atoms with Gasteiger partial charge in [0.2, 0.25) is 10.0 Å². The predicted octanol–water partition coefficient (Wildman–Crippen LogP) is 2.02. The van der Waals surface area contributed by atoms with Crippen LogP contribution in [-0.2, 0) is 10.0 Å². The number of aryl methyl sites for hydroxylation is 3. The molecule has 0 saturated carbocycles. The third-order valence-corrected chi connectivity index (χ3v) is 5.93. The van der Waals surface area contributed by atoms with Crippen molar-refractivity contribution in [2.75, 3.05) is 19.6 Å². The van der Waals surface area contributed by atoms with E-state index in [0.29, 0.717) is 24.5 Å². The fraction of sp³-hybridized carbons (Fsp3) is 0.571. The smallest absolute Gasteiger partial charge is 0.243 e. The van der Waals surface area contributed by atoms with E-state index in [4.69, 9.17) is 0 Å². The van der Waals surface area contributed by atoms with E-state index in [9.17, 15) is 8.42 Å². The molecule has 2 rings (SSSR count). The molecular weight excluding hydrogens is 296 g/mol. The molecule has 1 heterocycles. The first kappa shape index (κ1) is 17.4. The van der Waals surface area contributed by atoms with Gasteiger partial charge in [0.15, 0.2) is 0 Å². The van der Waals surface area contributed by atoms with E-state index < -0.39 is 10.0 Å². The summed E-state index contributed by atoms with van der Waals surface area (Å²) in [5.41, 5.74) is 2.77. The zero-order chi connectivity index (χ0) is 14.2. The van der Waals surface area contributed by atoms with Gasteiger partial charge in [-0.15, -0.1) is 12.4 Å². The first-order valence-electron chi connectivity index (χ1n) is 6.64. The van der Waals surface area contributed by atoms with Crippen LogP contribution in [0.3, 0.4) is 0 Å². The molecule has 0 spiro atoms. The van der Waals surface area contributed by atoms with E-state index in [0.717, 1.165) is 16.7 Å². The number of hydrogen-bond donors (Lipinski definition) is 1. The minimum absolute atomic E-state index is 0. The lowest BCUT2D eigenvalue weighted by atomic mass is 10.1. The van der Waals surface area contributed by atoms with Crippen LogP contribution in [0.15, 0.2) is 17.0 Å². The Hall–Kier alpha value is -0.620. The number of halogens is 1. The van der Waals surface area contributed by atoms with E-state index in [-0.39, 0.29) is 18.4 Å². The molecule has 6 heteroatoms.